The van der Waals surface area contributed by atoms with Crippen LogP contribution in [0.1, 0.15) is 36.7 Å². The van der Waals surface area contributed by atoms with Crippen molar-refractivity contribution in [3.05, 3.63) is 41.5 Å². The van der Waals surface area contributed by atoms with Crippen molar-refractivity contribution in [2.45, 2.75) is 32.2 Å². The van der Waals surface area contributed by atoms with E-state index in [1.807, 2.05) is 6.07 Å². The summed E-state index contributed by atoms with van der Waals surface area (Å²) < 4.78 is 17.5. The Balaban J connectivity index is 1.78. The molecule has 1 atom stereocenters. The summed E-state index contributed by atoms with van der Waals surface area (Å²) in [5, 5.41) is 3.28. The van der Waals surface area contributed by atoms with Crippen molar-refractivity contribution in [3.63, 3.8) is 0 Å². The number of hydrogen-bond acceptors (Lipinski definition) is 4. The van der Waals surface area contributed by atoms with E-state index in [1.54, 1.807) is 17.9 Å². The number of urea groups is 1. The summed E-state index contributed by atoms with van der Waals surface area (Å²) in [7, 11) is 0. The molecule has 1 aliphatic rings. The Hall–Kier alpha value is -2.02. The van der Waals surface area contributed by atoms with Crippen LogP contribution in [0.4, 0.5) is 14.3 Å². The molecule has 0 unspecified atom stereocenters. The van der Waals surface area contributed by atoms with E-state index in [1.165, 1.54) is 12.1 Å². The smallest absolute Gasteiger partial charge is 0.317 e. The lowest BCUT2D eigenvalue weighted by Gasteiger charge is -2.35. The van der Waals surface area contributed by atoms with E-state index in [9.17, 15) is 9.18 Å². The molecule has 1 fully saturated rings. The summed E-state index contributed by atoms with van der Waals surface area (Å²) in [4.78, 5) is 18.4. The second-order valence-electron chi connectivity index (χ2n) is 5.34. The molecule has 0 radical (unpaired) electrons. The monoisotopic (exact) mass is 320 g/mol. The Bertz CT molecular complexity index is 675. The van der Waals surface area contributed by atoms with Gasteiger partial charge in [-0.15, -0.1) is 0 Å². The lowest BCUT2D eigenvalue weighted by Crippen LogP contribution is -2.41. The van der Waals surface area contributed by atoms with Crippen LogP contribution in [0.3, 0.4) is 0 Å². The fraction of sp³-hybridized carbons (Fsp3) is 0.400. The second-order valence-corrected chi connectivity index (χ2v) is 6.09. The van der Waals surface area contributed by atoms with Crippen molar-refractivity contribution in [1.29, 1.82) is 0 Å². The highest BCUT2D eigenvalue weighted by Crippen LogP contribution is 2.31. The highest BCUT2D eigenvalue weighted by Gasteiger charge is 2.28. The van der Waals surface area contributed by atoms with Gasteiger partial charge < -0.3 is 4.90 Å². The summed E-state index contributed by atoms with van der Waals surface area (Å²) in [5.41, 5.74) is 0.836. The SMILES string of the molecule is Cc1nsc(NC(=O)N2CCCC[C@H]2c2cccc(F)c2)n1. The third-order valence-electron chi connectivity index (χ3n) is 3.74. The largest absolute Gasteiger partial charge is 0.324 e. The number of carbonyl (C=O) groups excluding carboxylic acids is 1. The average Bonchev–Trinajstić information content (AvgIpc) is 2.92. The number of piperidine rings is 1. The van der Waals surface area contributed by atoms with E-state index < -0.39 is 0 Å². The van der Waals surface area contributed by atoms with Crippen LogP contribution >= 0.6 is 11.5 Å². The van der Waals surface area contributed by atoms with Crippen LogP contribution in [-0.2, 0) is 0 Å². The number of anilines is 1. The fourth-order valence-electron chi connectivity index (χ4n) is 2.75. The normalized spacial score (nSPS) is 18.3. The molecular formula is C15H17FN4OS. The van der Waals surface area contributed by atoms with E-state index >= 15 is 0 Å². The lowest BCUT2D eigenvalue weighted by atomic mass is 9.95. The van der Waals surface area contributed by atoms with Gasteiger partial charge in [-0.25, -0.2) is 14.2 Å². The van der Waals surface area contributed by atoms with Gasteiger partial charge in [0.1, 0.15) is 11.6 Å². The highest BCUT2D eigenvalue weighted by molar-refractivity contribution is 7.09. The molecule has 3 rings (SSSR count). The third-order valence-corrected chi connectivity index (χ3v) is 4.46. The number of likely N-dealkylation sites (tertiary alicyclic amines) is 1. The van der Waals surface area contributed by atoms with Crippen molar-refractivity contribution < 1.29 is 9.18 Å². The van der Waals surface area contributed by atoms with Crippen molar-refractivity contribution in [2.24, 2.45) is 0 Å². The molecule has 2 heterocycles. The fourth-order valence-corrected chi connectivity index (χ4v) is 3.31. The van der Waals surface area contributed by atoms with E-state index in [2.05, 4.69) is 14.7 Å². The number of amides is 2. The molecule has 2 amide bonds. The van der Waals surface area contributed by atoms with Crippen molar-refractivity contribution >= 4 is 22.7 Å². The van der Waals surface area contributed by atoms with Crippen LogP contribution < -0.4 is 5.32 Å². The molecule has 22 heavy (non-hydrogen) atoms. The molecule has 1 aromatic heterocycles. The number of halogens is 1. The van der Waals surface area contributed by atoms with Gasteiger partial charge in [0.2, 0.25) is 5.13 Å². The second kappa shape index (κ2) is 6.39. The van der Waals surface area contributed by atoms with Crippen LogP contribution in [0.25, 0.3) is 0 Å². The number of benzene rings is 1. The van der Waals surface area contributed by atoms with Gasteiger partial charge in [0.15, 0.2) is 0 Å². The molecular weight excluding hydrogens is 303 g/mol. The zero-order valence-electron chi connectivity index (χ0n) is 12.3. The highest BCUT2D eigenvalue weighted by atomic mass is 32.1. The van der Waals surface area contributed by atoms with Gasteiger partial charge in [0, 0.05) is 18.1 Å². The van der Waals surface area contributed by atoms with Crippen LogP contribution in [0, 0.1) is 12.7 Å². The Labute approximate surface area is 132 Å². The molecule has 0 aliphatic carbocycles. The third kappa shape index (κ3) is 3.24. The number of aryl methyl sites for hydroxylation is 1. The molecule has 116 valence electrons. The van der Waals surface area contributed by atoms with Crippen LogP contribution in [0.2, 0.25) is 0 Å². The molecule has 0 spiro atoms. The predicted octanol–water partition coefficient (Wildman–Crippen LogP) is 3.74. The molecule has 1 saturated heterocycles. The Kier molecular flexibility index (Phi) is 4.33. The van der Waals surface area contributed by atoms with Crippen molar-refractivity contribution in [2.75, 3.05) is 11.9 Å². The van der Waals surface area contributed by atoms with E-state index in [0.29, 0.717) is 17.5 Å². The average molecular weight is 320 g/mol. The van der Waals surface area contributed by atoms with Gasteiger partial charge in [0.25, 0.3) is 0 Å². The minimum atomic E-state index is -0.275. The van der Waals surface area contributed by atoms with E-state index in [-0.39, 0.29) is 17.9 Å². The molecule has 0 bridgehead atoms. The lowest BCUT2D eigenvalue weighted by molar-refractivity contribution is 0.163. The Morgan fingerprint density at radius 2 is 2.32 bits per heavy atom. The standard InChI is InChI=1S/C15H17FN4OS/c1-10-17-14(22-19-10)18-15(21)20-8-3-2-7-13(20)11-5-4-6-12(16)9-11/h4-6,9,13H,2-3,7-8H2,1H3,(H,17,18,19,21)/t13-/m0/s1. The topological polar surface area (TPSA) is 58.1 Å². The van der Waals surface area contributed by atoms with Gasteiger partial charge in [-0.1, -0.05) is 12.1 Å². The van der Waals surface area contributed by atoms with Gasteiger partial charge in [-0.3, -0.25) is 5.32 Å². The molecule has 1 aliphatic heterocycles. The van der Waals surface area contributed by atoms with E-state index in [4.69, 9.17) is 0 Å². The number of rotatable bonds is 2. The van der Waals surface area contributed by atoms with Gasteiger partial charge in [-0.2, -0.15) is 4.37 Å². The molecule has 7 heteroatoms. The summed E-state index contributed by atoms with van der Waals surface area (Å²) >= 11 is 1.16. The minimum Gasteiger partial charge on any atom is -0.317 e. The van der Waals surface area contributed by atoms with Gasteiger partial charge in [-0.05, 0) is 43.9 Å². The zero-order chi connectivity index (χ0) is 15.5. The molecule has 5 nitrogen and oxygen atoms in total. The number of nitrogens with zero attached hydrogens (tertiary/aromatic N) is 3. The maximum absolute atomic E-state index is 13.5. The maximum atomic E-state index is 13.5. The van der Waals surface area contributed by atoms with Crippen molar-refractivity contribution in [3.8, 4) is 0 Å². The molecule has 1 N–H and O–H groups in total. The predicted molar refractivity (Wildman–Crippen MR) is 83.4 cm³/mol. The first-order chi connectivity index (χ1) is 10.6. The zero-order valence-corrected chi connectivity index (χ0v) is 13.1. The quantitative estimate of drug-likeness (QED) is 0.917. The molecule has 2 aromatic rings. The maximum Gasteiger partial charge on any atom is 0.324 e. The molecule has 0 saturated carbocycles. The number of nitrogens with one attached hydrogen (secondary N) is 1. The number of hydrogen-bond donors (Lipinski definition) is 1. The first-order valence-corrected chi connectivity index (χ1v) is 8.04. The number of carbonyl (C=O) groups is 1. The first kappa shape index (κ1) is 14.9. The van der Waals surface area contributed by atoms with Crippen LogP contribution in [-0.4, -0.2) is 26.8 Å². The van der Waals surface area contributed by atoms with E-state index in [0.717, 1.165) is 36.4 Å². The summed E-state index contributed by atoms with van der Waals surface area (Å²) in [6, 6.07) is 6.17. The molecule has 1 aromatic carbocycles. The summed E-state index contributed by atoms with van der Waals surface area (Å²) in [6.07, 6.45) is 2.82. The van der Waals surface area contributed by atoms with Gasteiger partial charge >= 0.3 is 6.03 Å². The Morgan fingerprint density at radius 3 is 3.05 bits per heavy atom. The van der Waals surface area contributed by atoms with Crippen LogP contribution in [0.15, 0.2) is 24.3 Å². The van der Waals surface area contributed by atoms with Crippen LogP contribution in [0.5, 0.6) is 0 Å². The minimum absolute atomic E-state index is 0.0986. The Morgan fingerprint density at radius 1 is 1.45 bits per heavy atom. The van der Waals surface area contributed by atoms with Crippen molar-refractivity contribution in [1.82, 2.24) is 14.3 Å². The first-order valence-electron chi connectivity index (χ1n) is 7.27. The summed E-state index contributed by atoms with van der Waals surface area (Å²) in [5.74, 6) is 0.365. The number of aromatic nitrogens is 2. The van der Waals surface area contributed by atoms with Gasteiger partial charge in [0.05, 0.1) is 6.04 Å². The summed E-state index contributed by atoms with van der Waals surface area (Å²) in [6.45, 7) is 2.44.